The van der Waals surface area contributed by atoms with E-state index in [1.165, 1.54) is 0 Å². The first kappa shape index (κ1) is 15.5. The Morgan fingerprint density at radius 3 is 2.61 bits per heavy atom. The maximum absolute atomic E-state index is 11.6. The summed E-state index contributed by atoms with van der Waals surface area (Å²) in [6, 6.07) is 9.47. The van der Waals surface area contributed by atoms with Crippen molar-refractivity contribution in [2.45, 2.75) is 24.3 Å². The number of nitrogens with one attached hydrogen (secondary N) is 1. The summed E-state index contributed by atoms with van der Waals surface area (Å²) in [6.45, 7) is 1.45. The summed E-state index contributed by atoms with van der Waals surface area (Å²) in [5, 5.41) is 8.79. The highest BCUT2D eigenvalue weighted by molar-refractivity contribution is 7.99. The Morgan fingerprint density at radius 2 is 2.00 bits per heavy atom. The molecule has 0 heterocycles. The number of hydrogen-bond donors (Lipinski definition) is 2. The molecule has 2 N–H and O–H groups in total. The summed E-state index contributed by atoms with van der Waals surface area (Å²) >= 11 is 1.64. The number of thioether (sulfide) groups is 1. The molecule has 0 spiro atoms. The molecule has 0 aromatic heterocycles. The van der Waals surface area contributed by atoms with Crippen molar-refractivity contribution in [2.75, 3.05) is 18.1 Å². The smallest absolute Gasteiger partial charge is 0.211 e. The average molecular weight is 289 g/mol. The van der Waals surface area contributed by atoms with Crippen molar-refractivity contribution in [1.29, 1.82) is 0 Å². The lowest BCUT2D eigenvalue weighted by atomic mass is 10.4. The van der Waals surface area contributed by atoms with Crippen LogP contribution in [-0.4, -0.2) is 37.7 Å². The summed E-state index contributed by atoms with van der Waals surface area (Å²) in [7, 11) is -3.27. The number of aliphatic hydroxyl groups excluding tert-OH is 1. The van der Waals surface area contributed by atoms with Crippen LogP contribution in [0.15, 0.2) is 35.2 Å². The van der Waals surface area contributed by atoms with Crippen LogP contribution >= 0.6 is 11.8 Å². The van der Waals surface area contributed by atoms with Crippen LogP contribution in [0, 0.1) is 0 Å². The van der Waals surface area contributed by atoms with Crippen LogP contribution in [0.1, 0.15) is 13.3 Å². The number of sulfonamides is 1. The Morgan fingerprint density at radius 1 is 1.33 bits per heavy atom. The van der Waals surface area contributed by atoms with Crippen LogP contribution < -0.4 is 4.72 Å². The second kappa shape index (κ2) is 7.78. The van der Waals surface area contributed by atoms with Crippen molar-refractivity contribution >= 4 is 21.8 Å². The highest BCUT2D eigenvalue weighted by Crippen LogP contribution is 2.17. The maximum atomic E-state index is 11.6. The van der Waals surface area contributed by atoms with Crippen LogP contribution in [0.5, 0.6) is 0 Å². The molecule has 1 atom stereocenters. The Hall–Kier alpha value is -0.560. The second-order valence-corrected chi connectivity index (χ2v) is 7.08. The van der Waals surface area contributed by atoms with Gasteiger partial charge in [-0.2, -0.15) is 0 Å². The van der Waals surface area contributed by atoms with Gasteiger partial charge in [0.05, 0.1) is 12.4 Å². The van der Waals surface area contributed by atoms with Gasteiger partial charge < -0.3 is 5.11 Å². The average Bonchev–Trinajstić information content (AvgIpc) is 2.35. The summed E-state index contributed by atoms with van der Waals surface area (Å²) < 4.78 is 25.6. The molecule has 1 aromatic carbocycles. The molecule has 1 rings (SSSR count). The fourth-order valence-electron chi connectivity index (χ4n) is 1.36. The van der Waals surface area contributed by atoms with Crippen LogP contribution in [0.2, 0.25) is 0 Å². The zero-order valence-corrected chi connectivity index (χ0v) is 12.0. The van der Waals surface area contributed by atoms with E-state index in [0.717, 1.165) is 10.6 Å². The van der Waals surface area contributed by atoms with Gasteiger partial charge in [0.2, 0.25) is 10.0 Å². The third-order valence-electron chi connectivity index (χ3n) is 2.22. The second-order valence-electron chi connectivity index (χ2n) is 4.04. The predicted molar refractivity (Wildman–Crippen MR) is 75.3 cm³/mol. The SMILES string of the molecule is C[C@H](CO)NS(=O)(=O)CCCSc1ccccc1. The fraction of sp³-hybridized carbons (Fsp3) is 0.500. The minimum Gasteiger partial charge on any atom is -0.395 e. The van der Waals surface area contributed by atoms with Crippen LogP contribution in [-0.2, 0) is 10.0 Å². The van der Waals surface area contributed by atoms with E-state index >= 15 is 0 Å². The first-order valence-electron chi connectivity index (χ1n) is 5.82. The lowest BCUT2D eigenvalue weighted by Crippen LogP contribution is -2.36. The molecule has 4 nitrogen and oxygen atoms in total. The van der Waals surface area contributed by atoms with Crippen molar-refractivity contribution in [3.05, 3.63) is 30.3 Å². The molecule has 0 bridgehead atoms. The van der Waals surface area contributed by atoms with Gasteiger partial charge in [-0.15, -0.1) is 11.8 Å². The van der Waals surface area contributed by atoms with Crippen molar-refractivity contribution in [3.63, 3.8) is 0 Å². The normalized spacial score (nSPS) is 13.4. The monoisotopic (exact) mass is 289 g/mol. The van der Waals surface area contributed by atoms with Gasteiger partial charge in [-0.1, -0.05) is 18.2 Å². The lowest BCUT2D eigenvalue weighted by Gasteiger charge is -2.11. The zero-order chi connectivity index (χ0) is 13.4. The minimum atomic E-state index is -3.27. The molecule has 18 heavy (non-hydrogen) atoms. The highest BCUT2D eigenvalue weighted by Gasteiger charge is 2.13. The molecule has 0 amide bonds. The predicted octanol–water partition coefficient (Wildman–Crippen LogP) is 1.47. The van der Waals surface area contributed by atoms with Gasteiger partial charge in [0.15, 0.2) is 0 Å². The molecule has 1 aromatic rings. The molecule has 0 unspecified atom stereocenters. The molecule has 0 aliphatic heterocycles. The van der Waals surface area contributed by atoms with E-state index in [2.05, 4.69) is 4.72 Å². The van der Waals surface area contributed by atoms with E-state index in [1.54, 1.807) is 18.7 Å². The van der Waals surface area contributed by atoms with Crippen molar-refractivity contribution in [3.8, 4) is 0 Å². The standard InChI is InChI=1S/C12H19NO3S2/c1-11(10-14)13-18(15,16)9-5-8-17-12-6-3-2-4-7-12/h2-4,6-7,11,13-14H,5,8-10H2,1H3/t11-/m1/s1. The zero-order valence-electron chi connectivity index (χ0n) is 10.4. The van der Waals surface area contributed by atoms with E-state index in [0.29, 0.717) is 6.42 Å². The first-order chi connectivity index (χ1) is 8.53. The molecular formula is C12H19NO3S2. The number of hydrogen-bond acceptors (Lipinski definition) is 4. The van der Waals surface area contributed by atoms with Gasteiger partial charge in [-0.25, -0.2) is 13.1 Å². The molecule has 0 radical (unpaired) electrons. The van der Waals surface area contributed by atoms with Gasteiger partial charge in [0.1, 0.15) is 0 Å². The van der Waals surface area contributed by atoms with Crippen LogP contribution in [0.25, 0.3) is 0 Å². The van der Waals surface area contributed by atoms with Crippen molar-refractivity contribution in [2.24, 2.45) is 0 Å². The fourth-order valence-corrected chi connectivity index (χ4v) is 3.74. The molecular weight excluding hydrogens is 270 g/mol. The Kier molecular flexibility index (Phi) is 6.70. The summed E-state index contributed by atoms with van der Waals surface area (Å²) in [5.74, 6) is 0.857. The Balaban J connectivity index is 2.25. The van der Waals surface area contributed by atoms with Gasteiger partial charge in [0.25, 0.3) is 0 Å². The number of benzene rings is 1. The molecule has 0 saturated heterocycles. The van der Waals surface area contributed by atoms with Gasteiger partial charge in [0, 0.05) is 10.9 Å². The van der Waals surface area contributed by atoms with E-state index in [-0.39, 0.29) is 12.4 Å². The Bertz CT molecular complexity index is 434. The van der Waals surface area contributed by atoms with Crippen molar-refractivity contribution in [1.82, 2.24) is 4.72 Å². The summed E-state index contributed by atoms with van der Waals surface area (Å²) in [6.07, 6.45) is 0.590. The number of rotatable bonds is 8. The Labute approximate surface area is 113 Å². The quantitative estimate of drug-likeness (QED) is 0.562. The minimum absolute atomic E-state index is 0.0944. The van der Waals surface area contributed by atoms with Crippen LogP contribution in [0.3, 0.4) is 0 Å². The van der Waals surface area contributed by atoms with Gasteiger partial charge in [-0.3, -0.25) is 0 Å². The molecule has 0 fully saturated rings. The largest absolute Gasteiger partial charge is 0.395 e. The van der Waals surface area contributed by atoms with E-state index in [9.17, 15) is 8.42 Å². The molecule has 0 saturated carbocycles. The lowest BCUT2D eigenvalue weighted by molar-refractivity contribution is 0.265. The number of aliphatic hydroxyl groups is 1. The molecule has 6 heteroatoms. The summed E-state index contributed by atoms with van der Waals surface area (Å²) in [4.78, 5) is 1.14. The van der Waals surface area contributed by atoms with E-state index in [4.69, 9.17) is 5.11 Å². The van der Waals surface area contributed by atoms with Crippen molar-refractivity contribution < 1.29 is 13.5 Å². The van der Waals surface area contributed by atoms with Gasteiger partial charge in [-0.05, 0) is 31.2 Å². The van der Waals surface area contributed by atoms with E-state index in [1.807, 2.05) is 30.3 Å². The van der Waals surface area contributed by atoms with Crippen LogP contribution in [0.4, 0.5) is 0 Å². The molecule has 0 aliphatic carbocycles. The maximum Gasteiger partial charge on any atom is 0.211 e. The van der Waals surface area contributed by atoms with E-state index < -0.39 is 16.1 Å². The third-order valence-corrected chi connectivity index (χ3v) is 4.91. The highest BCUT2D eigenvalue weighted by atomic mass is 32.2. The third kappa shape index (κ3) is 6.39. The summed E-state index contributed by atoms with van der Waals surface area (Å²) in [5.41, 5.74) is 0. The topological polar surface area (TPSA) is 66.4 Å². The van der Waals surface area contributed by atoms with Gasteiger partial charge >= 0.3 is 0 Å². The first-order valence-corrected chi connectivity index (χ1v) is 8.46. The molecule has 102 valence electrons. The molecule has 0 aliphatic rings.